The van der Waals surface area contributed by atoms with E-state index in [0.717, 1.165) is 35.1 Å². The first-order valence-electron chi connectivity index (χ1n) is 9.17. The van der Waals surface area contributed by atoms with E-state index in [0.29, 0.717) is 5.75 Å². The Hall–Kier alpha value is -2.48. The number of rotatable bonds is 3. The van der Waals surface area contributed by atoms with Gasteiger partial charge in [0.2, 0.25) is 0 Å². The highest BCUT2D eigenvalue weighted by Gasteiger charge is 2.22. The van der Waals surface area contributed by atoms with Crippen LogP contribution in [-0.4, -0.2) is 11.2 Å². The van der Waals surface area contributed by atoms with E-state index in [1.807, 2.05) is 26.0 Å². The molecule has 0 fully saturated rings. The maximum absolute atomic E-state index is 10.8. The second-order valence-corrected chi connectivity index (χ2v) is 7.13. The molecule has 0 amide bonds. The average Bonchev–Trinajstić information content (AvgIpc) is 2.62. The van der Waals surface area contributed by atoms with Crippen molar-refractivity contribution in [2.75, 3.05) is 0 Å². The van der Waals surface area contributed by atoms with Crippen molar-refractivity contribution < 1.29 is 9.84 Å². The number of phenolic OH excluding ortho intramolecular Hbond substituents is 1. The molecule has 128 valence electrons. The monoisotopic (exact) mass is 332 g/mol. The minimum absolute atomic E-state index is 0.0848. The fourth-order valence-corrected chi connectivity index (χ4v) is 3.96. The predicted molar refractivity (Wildman–Crippen MR) is 103 cm³/mol. The Balaban J connectivity index is 2.06. The molecule has 0 aliphatic heterocycles. The molecule has 0 unspecified atom stereocenters. The van der Waals surface area contributed by atoms with Crippen LogP contribution in [0.4, 0.5) is 0 Å². The summed E-state index contributed by atoms with van der Waals surface area (Å²) in [5, 5.41) is 13.1. The van der Waals surface area contributed by atoms with Crippen molar-refractivity contribution in [3.8, 4) is 22.6 Å². The summed E-state index contributed by atoms with van der Waals surface area (Å²) in [5.74, 6) is 1.20. The molecule has 0 atom stereocenters. The van der Waals surface area contributed by atoms with Gasteiger partial charge in [0.1, 0.15) is 11.5 Å². The third-order valence-electron chi connectivity index (χ3n) is 5.01. The summed E-state index contributed by atoms with van der Waals surface area (Å²) in [5.41, 5.74) is 4.64. The fourth-order valence-electron chi connectivity index (χ4n) is 3.96. The standard InChI is InChI=1S/C23H24O2/c1-15(2)25-21-14-12-17-8-4-6-10-19(17)23(21)22-18-9-5-3-7-16(18)11-13-20(22)24/h4,6,8,10-15,24H,3,5,7,9H2,1-2H3. The van der Waals surface area contributed by atoms with Crippen molar-refractivity contribution in [1.82, 2.24) is 0 Å². The molecule has 4 rings (SSSR count). The number of phenols is 1. The molecule has 0 heterocycles. The van der Waals surface area contributed by atoms with Crippen LogP contribution in [0.5, 0.6) is 11.5 Å². The van der Waals surface area contributed by atoms with Gasteiger partial charge >= 0.3 is 0 Å². The largest absolute Gasteiger partial charge is 0.507 e. The lowest BCUT2D eigenvalue weighted by Crippen LogP contribution is -2.09. The summed E-state index contributed by atoms with van der Waals surface area (Å²) in [6, 6.07) is 16.4. The summed E-state index contributed by atoms with van der Waals surface area (Å²) in [6.07, 6.45) is 4.59. The summed E-state index contributed by atoms with van der Waals surface area (Å²) >= 11 is 0. The molecule has 1 N–H and O–H groups in total. The molecule has 0 saturated carbocycles. The topological polar surface area (TPSA) is 29.5 Å². The molecule has 3 aromatic carbocycles. The van der Waals surface area contributed by atoms with E-state index in [9.17, 15) is 5.11 Å². The third kappa shape index (κ3) is 2.86. The lowest BCUT2D eigenvalue weighted by atomic mass is 9.84. The van der Waals surface area contributed by atoms with Gasteiger partial charge in [-0.2, -0.15) is 0 Å². The van der Waals surface area contributed by atoms with E-state index in [4.69, 9.17) is 4.74 Å². The van der Waals surface area contributed by atoms with Gasteiger partial charge in [-0.15, -0.1) is 0 Å². The second kappa shape index (κ2) is 6.44. The van der Waals surface area contributed by atoms with E-state index in [2.05, 4.69) is 36.4 Å². The van der Waals surface area contributed by atoms with E-state index < -0.39 is 0 Å². The van der Waals surface area contributed by atoms with Crippen molar-refractivity contribution in [3.05, 3.63) is 59.7 Å². The second-order valence-electron chi connectivity index (χ2n) is 7.13. The zero-order valence-corrected chi connectivity index (χ0v) is 14.9. The summed E-state index contributed by atoms with van der Waals surface area (Å²) in [6.45, 7) is 4.08. The van der Waals surface area contributed by atoms with Crippen molar-refractivity contribution in [1.29, 1.82) is 0 Å². The molecule has 1 aliphatic rings. The van der Waals surface area contributed by atoms with Gasteiger partial charge in [-0.1, -0.05) is 36.4 Å². The van der Waals surface area contributed by atoms with Crippen molar-refractivity contribution >= 4 is 10.8 Å². The number of hydrogen-bond acceptors (Lipinski definition) is 2. The van der Waals surface area contributed by atoms with Crippen LogP contribution >= 0.6 is 0 Å². The Labute approximate surface area is 149 Å². The van der Waals surface area contributed by atoms with Gasteiger partial charge in [-0.25, -0.2) is 0 Å². The van der Waals surface area contributed by atoms with Crippen LogP contribution in [0.25, 0.3) is 21.9 Å². The lowest BCUT2D eigenvalue weighted by Gasteiger charge is -2.24. The first-order chi connectivity index (χ1) is 12.1. The molecule has 0 spiro atoms. The van der Waals surface area contributed by atoms with E-state index >= 15 is 0 Å². The van der Waals surface area contributed by atoms with Gasteiger partial charge in [0, 0.05) is 11.1 Å². The molecular formula is C23H24O2. The lowest BCUT2D eigenvalue weighted by molar-refractivity contribution is 0.243. The molecule has 2 heteroatoms. The van der Waals surface area contributed by atoms with Crippen LogP contribution < -0.4 is 4.74 Å². The van der Waals surface area contributed by atoms with Crippen LogP contribution in [0, 0.1) is 0 Å². The first-order valence-corrected chi connectivity index (χ1v) is 9.17. The Morgan fingerprint density at radius 1 is 0.880 bits per heavy atom. The molecule has 0 bridgehead atoms. The molecule has 0 radical (unpaired) electrons. The van der Waals surface area contributed by atoms with Crippen LogP contribution in [0.3, 0.4) is 0 Å². The fraction of sp³-hybridized carbons (Fsp3) is 0.304. The van der Waals surface area contributed by atoms with E-state index in [1.54, 1.807) is 0 Å². The highest BCUT2D eigenvalue weighted by Crippen LogP contribution is 2.45. The number of hydrogen-bond donors (Lipinski definition) is 1. The molecule has 1 aliphatic carbocycles. The van der Waals surface area contributed by atoms with Crippen LogP contribution in [0.2, 0.25) is 0 Å². The molecule has 25 heavy (non-hydrogen) atoms. The number of ether oxygens (including phenoxy) is 1. The van der Waals surface area contributed by atoms with Gasteiger partial charge in [0.25, 0.3) is 0 Å². The van der Waals surface area contributed by atoms with Crippen molar-refractivity contribution in [2.24, 2.45) is 0 Å². The normalized spacial score (nSPS) is 13.9. The maximum Gasteiger partial charge on any atom is 0.128 e. The Kier molecular flexibility index (Phi) is 4.12. The first kappa shape index (κ1) is 16.0. The van der Waals surface area contributed by atoms with Crippen molar-refractivity contribution in [3.63, 3.8) is 0 Å². The SMILES string of the molecule is CC(C)Oc1ccc2ccccc2c1-c1c(O)ccc2c1CCCC2. The number of benzene rings is 3. The summed E-state index contributed by atoms with van der Waals surface area (Å²) < 4.78 is 6.14. The molecule has 0 aromatic heterocycles. The van der Waals surface area contributed by atoms with Crippen molar-refractivity contribution in [2.45, 2.75) is 45.6 Å². The molecule has 3 aromatic rings. The van der Waals surface area contributed by atoms with Crippen LogP contribution in [0.1, 0.15) is 37.8 Å². The predicted octanol–water partition coefficient (Wildman–Crippen LogP) is 5.88. The third-order valence-corrected chi connectivity index (χ3v) is 5.01. The quantitative estimate of drug-likeness (QED) is 0.649. The Morgan fingerprint density at radius 3 is 2.52 bits per heavy atom. The zero-order chi connectivity index (χ0) is 17.4. The number of aromatic hydroxyl groups is 1. The maximum atomic E-state index is 10.8. The van der Waals surface area contributed by atoms with E-state index in [-0.39, 0.29) is 6.10 Å². The average molecular weight is 332 g/mol. The van der Waals surface area contributed by atoms with Gasteiger partial charge in [-0.05, 0) is 73.6 Å². The van der Waals surface area contributed by atoms with Gasteiger partial charge in [0.15, 0.2) is 0 Å². The zero-order valence-electron chi connectivity index (χ0n) is 14.9. The molecular weight excluding hydrogens is 308 g/mol. The number of fused-ring (bicyclic) bond motifs is 2. The Morgan fingerprint density at radius 2 is 1.68 bits per heavy atom. The highest BCUT2D eigenvalue weighted by molar-refractivity contribution is 6.02. The Bertz CT molecular complexity index is 925. The minimum atomic E-state index is 0.0848. The highest BCUT2D eigenvalue weighted by atomic mass is 16.5. The van der Waals surface area contributed by atoms with E-state index in [1.165, 1.54) is 29.4 Å². The van der Waals surface area contributed by atoms with Gasteiger partial charge in [-0.3, -0.25) is 0 Å². The van der Waals surface area contributed by atoms with Crippen LogP contribution in [-0.2, 0) is 12.8 Å². The van der Waals surface area contributed by atoms with Gasteiger partial charge < -0.3 is 9.84 Å². The summed E-state index contributed by atoms with van der Waals surface area (Å²) in [7, 11) is 0. The molecule has 0 saturated heterocycles. The minimum Gasteiger partial charge on any atom is -0.507 e. The number of aryl methyl sites for hydroxylation is 1. The van der Waals surface area contributed by atoms with Crippen LogP contribution in [0.15, 0.2) is 48.5 Å². The smallest absolute Gasteiger partial charge is 0.128 e. The van der Waals surface area contributed by atoms with Gasteiger partial charge in [0.05, 0.1) is 6.10 Å². The molecule has 2 nitrogen and oxygen atoms in total. The summed E-state index contributed by atoms with van der Waals surface area (Å²) in [4.78, 5) is 0.